The molecule has 1 unspecified atom stereocenters. The van der Waals surface area contributed by atoms with Crippen molar-refractivity contribution in [2.75, 3.05) is 20.8 Å². The first-order valence-electron chi connectivity index (χ1n) is 7.68. The summed E-state index contributed by atoms with van der Waals surface area (Å²) in [6.07, 6.45) is 2.33. The molecule has 0 amide bonds. The van der Waals surface area contributed by atoms with Crippen LogP contribution >= 0.6 is 0 Å². The summed E-state index contributed by atoms with van der Waals surface area (Å²) in [5, 5.41) is 3.46. The van der Waals surface area contributed by atoms with Gasteiger partial charge in [-0.15, -0.1) is 0 Å². The topological polar surface area (TPSA) is 30.5 Å². The van der Waals surface area contributed by atoms with E-state index in [1.54, 1.807) is 13.2 Å². The van der Waals surface area contributed by atoms with Crippen LogP contribution < -0.4 is 10.1 Å². The molecule has 120 valence electrons. The van der Waals surface area contributed by atoms with E-state index in [0.29, 0.717) is 17.7 Å². The zero-order valence-corrected chi connectivity index (χ0v) is 13.8. The molecule has 0 fully saturated rings. The first kappa shape index (κ1) is 17.9. The second-order valence-corrected chi connectivity index (χ2v) is 5.22. The molecular formula is C17H28FNO2. The van der Waals surface area contributed by atoms with Crippen molar-refractivity contribution in [1.82, 2.24) is 5.32 Å². The number of methoxy groups -OCH3 is 2. The fourth-order valence-corrected chi connectivity index (χ4v) is 2.96. The van der Waals surface area contributed by atoms with Gasteiger partial charge in [-0.25, -0.2) is 4.39 Å². The number of halogens is 1. The van der Waals surface area contributed by atoms with Crippen LogP contribution in [0.25, 0.3) is 0 Å². The predicted molar refractivity (Wildman–Crippen MR) is 84.4 cm³/mol. The highest BCUT2D eigenvalue weighted by Crippen LogP contribution is 2.29. The van der Waals surface area contributed by atoms with Crippen LogP contribution in [0.2, 0.25) is 0 Å². The van der Waals surface area contributed by atoms with Crippen molar-refractivity contribution in [3.8, 4) is 5.75 Å². The van der Waals surface area contributed by atoms with Gasteiger partial charge in [-0.05, 0) is 37.4 Å². The predicted octanol–water partition coefficient (Wildman–Crippen LogP) is 3.56. The maximum atomic E-state index is 14.4. The summed E-state index contributed by atoms with van der Waals surface area (Å²) in [5.41, 5.74) is 0.370. The van der Waals surface area contributed by atoms with Gasteiger partial charge in [0.25, 0.3) is 0 Å². The first-order chi connectivity index (χ1) is 10.1. The van der Waals surface area contributed by atoms with Gasteiger partial charge in [0.15, 0.2) is 11.6 Å². The number of ether oxygens (including phenoxy) is 2. The van der Waals surface area contributed by atoms with Crippen molar-refractivity contribution in [3.05, 3.63) is 29.6 Å². The molecule has 0 aliphatic rings. The number of rotatable bonds is 9. The third kappa shape index (κ3) is 3.95. The molecule has 0 saturated carbocycles. The molecule has 1 aromatic carbocycles. The summed E-state index contributed by atoms with van der Waals surface area (Å²) in [6, 6.07) is 5.34. The minimum atomic E-state index is -0.286. The fourth-order valence-electron chi connectivity index (χ4n) is 2.96. The number of hydrogen-bond acceptors (Lipinski definition) is 3. The lowest BCUT2D eigenvalue weighted by molar-refractivity contribution is -0.0470. The third-order valence-corrected chi connectivity index (χ3v) is 4.38. The summed E-state index contributed by atoms with van der Waals surface area (Å²) < 4.78 is 25.2. The molecule has 0 radical (unpaired) electrons. The molecule has 0 aliphatic carbocycles. The van der Waals surface area contributed by atoms with Crippen LogP contribution in [-0.4, -0.2) is 32.4 Å². The van der Waals surface area contributed by atoms with Crippen LogP contribution in [-0.2, 0) is 11.2 Å². The van der Waals surface area contributed by atoms with Crippen molar-refractivity contribution in [2.24, 2.45) is 0 Å². The largest absolute Gasteiger partial charge is 0.494 e. The molecule has 0 spiro atoms. The van der Waals surface area contributed by atoms with E-state index in [2.05, 4.69) is 26.1 Å². The quantitative estimate of drug-likeness (QED) is 0.756. The first-order valence-corrected chi connectivity index (χ1v) is 7.68. The summed E-state index contributed by atoms with van der Waals surface area (Å²) in [4.78, 5) is 0. The third-order valence-electron chi connectivity index (χ3n) is 4.38. The van der Waals surface area contributed by atoms with Gasteiger partial charge in [-0.2, -0.15) is 0 Å². The van der Waals surface area contributed by atoms with Crippen LogP contribution in [0.15, 0.2) is 18.2 Å². The number of benzene rings is 1. The molecule has 1 N–H and O–H groups in total. The molecule has 1 atom stereocenters. The van der Waals surface area contributed by atoms with Crippen molar-refractivity contribution >= 4 is 0 Å². The van der Waals surface area contributed by atoms with Gasteiger partial charge in [-0.3, -0.25) is 0 Å². The number of likely N-dealkylation sites (N-methyl/N-ethyl adjacent to an activating group) is 1. The lowest BCUT2D eigenvalue weighted by Crippen LogP contribution is -2.52. The molecule has 4 heteroatoms. The number of nitrogens with one attached hydrogen (secondary N) is 1. The van der Waals surface area contributed by atoms with Gasteiger partial charge in [0.05, 0.1) is 12.7 Å². The van der Waals surface area contributed by atoms with Crippen molar-refractivity contribution in [1.29, 1.82) is 0 Å². The summed E-state index contributed by atoms with van der Waals surface area (Å²) in [7, 11) is 3.22. The van der Waals surface area contributed by atoms with E-state index in [9.17, 15) is 4.39 Å². The Kier molecular flexibility index (Phi) is 7.12. The molecule has 0 aliphatic heterocycles. The van der Waals surface area contributed by atoms with E-state index >= 15 is 0 Å². The number of hydrogen-bond donors (Lipinski definition) is 1. The minimum Gasteiger partial charge on any atom is -0.494 e. The Morgan fingerprint density at radius 2 is 1.86 bits per heavy atom. The smallest absolute Gasteiger partial charge is 0.168 e. The Balaban J connectivity index is 3.08. The van der Waals surface area contributed by atoms with E-state index in [1.165, 1.54) is 7.11 Å². The monoisotopic (exact) mass is 297 g/mol. The highest BCUT2D eigenvalue weighted by molar-refractivity contribution is 5.32. The normalized spacial score (nSPS) is 13.2. The van der Waals surface area contributed by atoms with Crippen LogP contribution in [0, 0.1) is 5.82 Å². The molecule has 0 saturated heterocycles. The van der Waals surface area contributed by atoms with Gasteiger partial charge >= 0.3 is 0 Å². The van der Waals surface area contributed by atoms with E-state index in [-0.39, 0.29) is 17.5 Å². The second-order valence-electron chi connectivity index (χ2n) is 5.22. The maximum absolute atomic E-state index is 14.4. The van der Waals surface area contributed by atoms with E-state index in [1.807, 2.05) is 12.1 Å². The van der Waals surface area contributed by atoms with E-state index in [4.69, 9.17) is 9.47 Å². The van der Waals surface area contributed by atoms with E-state index in [0.717, 1.165) is 19.4 Å². The average Bonchev–Trinajstić information content (AvgIpc) is 2.51. The van der Waals surface area contributed by atoms with Gasteiger partial charge in [0.2, 0.25) is 0 Å². The highest BCUT2D eigenvalue weighted by Gasteiger charge is 2.35. The Hall–Kier alpha value is -1.13. The lowest BCUT2D eigenvalue weighted by atomic mass is 9.84. The summed E-state index contributed by atoms with van der Waals surface area (Å²) in [6.45, 7) is 7.10. The molecule has 3 nitrogen and oxygen atoms in total. The molecule has 0 heterocycles. The van der Waals surface area contributed by atoms with Gasteiger partial charge in [0.1, 0.15) is 0 Å². The highest BCUT2D eigenvalue weighted by atomic mass is 19.1. The molecule has 1 aromatic rings. The molecule has 21 heavy (non-hydrogen) atoms. The molecule has 0 bridgehead atoms. The maximum Gasteiger partial charge on any atom is 0.168 e. The Morgan fingerprint density at radius 1 is 1.19 bits per heavy atom. The van der Waals surface area contributed by atoms with Crippen LogP contribution in [0.5, 0.6) is 5.75 Å². The SMILES string of the molecule is CCNC(Cc1cccc(OC)c1F)C(CC)(CC)OC. The van der Waals surface area contributed by atoms with Crippen LogP contribution in [0.3, 0.4) is 0 Å². The minimum absolute atomic E-state index is 0.0594. The van der Waals surface area contributed by atoms with Gasteiger partial charge in [0, 0.05) is 13.2 Å². The second kappa shape index (κ2) is 8.35. The average molecular weight is 297 g/mol. The summed E-state index contributed by atoms with van der Waals surface area (Å²) in [5.74, 6) is 0.0128. The van der Waals surface area contributed by atoms with Gasteiger partial charge in [-0.1, -0.05) is 32.9 Å². The van der Waals surface area contributed by atoms with Crippen molar-refractivity contribution in [2.45, 2.75) is 51.7 Å². The van der Waals surface area contributed by atoms with Crippen molar-refractivity contribution < 1.29 is 13.9 Å². The fraction of sp³-hybridized carbons (Fsp3) is 0.647. The van der Waals surface area contributed by atoms with Crippen LogP contribution in [0.1, 0.15) is 39.2 Å². The standard InChI is InChI=1S/C17H28FNO2/c1-6-17(7-2,21-5)15(19-8-3)12-13-10-9-11-14(20-4)16(13)18/h9-11,15,19H,6-8,12H2,1-5H3. The Bertz CT molecular complexity index is 425. The zero-order valence-electron chi connectivity index (χ0n) is 13.8. The summed E-state index contributed by atoms with van der Waals surface area (Å²) >= 11 is 0. The Labute approximate surface area is 127 Å². The molecule has 1 rings (SSSR count). The molecular weight excluding hydrogens is 269 g/mol. The zero-order chi connectivity index (χ0) is 15.9. The van der Waals surface area contributed by atoms with Crippen LogP contribution in [0.4, 0.5) is 4.39 Å². The van der Waals surface area contributed by atoms with E-state index < -0.39 is 0 Å². The molecule has 0 aromatic heterocycles. The van der Waals surface area contributed by atoms with Gasteiger partial charge < -0.3 is 14.8 Å². The lowest BCUT2D eigenvalue weighted by Gasteiger charge is -2.39. The Morgan fingerprint density at radius 3 is 2.33 bits per heavy atom. The van der Waals surface area contributed by atoms with Crippen molar-refractivity contribution in [3.63, 3.8) is 0 Å².